The lowest BCUT2D eigenvalue weighted by Crippen LogP contribution is -2.40. The lowest BCUT2D eigenvalue weighted by molar-refractivity contribution is -0.145. The second-order valence-electron chi connectivity index (χ2n) is 3.95. The molecule has 0 saturated carbocycles. The molecule has 6 nitrogen and oxygen atoms in total. The number of halogens is 3. The number of nitrogens with zero attached hydrogens (tertiary/aromatic N) is 2. The van der Waals surface area contributed by atoms with Crippen LogP contribution in [0.1, 0.15) is 35.9 Å². The highest BCUT2D eigenvalue weighted by molar-refractivity contribution is 5.96. The number of carbonyl (C=O) groups is 2. The van der Waals surface area contributed by atoms with E-state index in [1.165, 1.54) is 0 Å². The van der Waals surface area contributed by atoms with E-state index in [4.69, 9.17) is 5.11 Å². The third-order valence-electron chi connectivity index (χ3n) is 2.35. The van der Waals surface area contributed by atoms with Gasteiger partial charge in [-0.25, -0.2) is 14.8 Å². The molecule has 9 heteroatoms. The summed E-state index contributed by atoms with van der Waals surface area (Å²) in [6.07, 6.45) is -2.55. The molecule has 1 aromatic rings. The average molecular weight is 291 g/mol. The summed E-state index contributed by atoms with van der Waals surface area (Å²) in [4.78, 5) is 28.6. The van der Waals surface area contributed by atoms with Gasteiger partial charge in [-0.3, -0.25) is 4.79 Å². The SMILES string of the molecule is CCCC(NC(=O)c1cnc(C(F)(F)F)nc1)C(=O)O. The van der Waals surface area contributed by atoms with Crippen LogP contribution in [0.25, 0.3) is 0 Å². The quantitative estimate of drug-likeness (QED) is 0.857. The van der Waals surface area contributed by atoms with Gasteiger partial charge in [0.1, 0.15) is 6.04 Å². The lowest BCUT2D eigenvalue weighted by Gasteiger charge is -2.13. The number of hydrogen-bond acceptors (Lipinski definition) is 4. The Labute approximate surface area is 112 Å². The number of rotatable bonds is 5. The number of aliphatic carboxylic acids is 1. The van der Waals surface area contributed by atoms with Crippen LogP contribution in [0.4, 0.5) is 13.2 Å². The molecule has 0 aliphatic carbocycles. The van der Waals surface area contributed by atoms with Gasteiger partial charge in [-0.05, 0) is 6.42 Å². The standard InChI is InChI=1S/C11H12F3N3O3/c1-2-3-7(9(19)20)17-8(18)6-4-15-10(16-5-6)11(12,13)14/h4-5,7H,2-3H2,1H3,(H,17,18)(H,19,20). The van der Waals surface area contributed by atoms with E-state index >= 15 is 0 Å². The first-order chi connectivity index (χ1) is 9.25. The minimum atomic E-state index is -4.69. The fraction of sp³-hybridized carbons (Fsp3) is 0.455. The summed E-state index contributed by atoms with van der Waals surface area (Å²) in [5.41, 5.74) is -0.236. The Morgan fingerprint density at radius 3 is 2.30 bits per heavy atom. The van der Waals surface area contributed by atoms with Crippen molar-refractivity contribution < 1.29 is 27.9 Å². The molecule has 0 spiro atoms. The van der Waals surface area contributed by atoms with Crippen molar-refractivity contribution in [3.05, 3.63) is 23.8 Å². The number of hydrogen-bond donors (Lipinski definition) is 2. The summed E-state index contributed by atoms with van der Waals surface area (Å²) in [6, 6.07) is -1.10. The van der Waals surface area contributed by atoms with Crippen LogP contribution in [0.5, 0.6) is 0 Å². The smallest absolute Gasteiger partial charge is 0.451 e. The molecule has 0 bridgehead atoms. The van der Waals surface area contributed by atoms with Crippen molar-refractivity contribution in [1.29, 1.82) is 0 Å². The van der Waals surface area contributed by atoms with Crippen LogP contribution in [0.15, 0.2) is 12.4 Å². The monoisotopic (exact) mass is 291 g/mol. The second kappa shape index (κ2) is 6.31. The summed E-state index contributed by atoms with van der Waals surface area (Å²) in [5.74, 6) is -3.41. The molecule has 1 heterocycles. The third kappa shape index (κ3) is 4.18. The molecular formula is C11H12F3N3O3. The fourth-order valence-electron chi connectivity index (χ4n) is 1.38. The minimum absolute atomic E-state index is 0.211. The van der Waals surface area contributed by atoms with Gasteiger partial charge in [-0.2, -0.15) is 13.2 Å². The third-order valence-corrected chi connectivity index (χ3v) is 2.35. The molecule has 1 aromatic heterocycles. The Balaban J connectivity index is 2.80. The zero-order chi connectivity index (χ0) is 15.3. The zero-order valence-electron chi connectivity index (χ0n) is 10.4. The van der Waals surface area contributed by atoms with Gasteiger partial charge in [0.25, 0.3) is 5.91 Å². The van der Waals surface area contributed by atoms with Gasteiger partial charge in [0, 0.05) is 12.4 Å². The number of alkyl halides is 3. The van der Waals surface area contributed by atoms with E-state index in [9.17, 15) is 22.8 Å². The van der Waals surface area contributed by atoms with Gasteiger partial charge in [-0.1, -0.05) is 13.3 Å². The summed E-state index contributed by atoms with van der Waals surface area (Å²) in [6.45, 7) is 1.74. The minimum Gasteiger partial charge on any atom is -0.480 e. The molecule has 0 aromatic carbocycles. The molecule has 1 rings (SSSR count). The van der Waals surface area contributed by atoms with Crippen LogP contribution in [0, 0.1) is 0 Å². The maximum absolute atomic E-state index is 12.2. The van der Waals surface area contributed by atoms with Gasteiger partial charge in [0.15, 0.2) is 0 Å². The van der Waals surface area contributed by atoms with E-state index < -0.39 is 29.9 Å². The molecular weight excluding hydrogens is 279 g/mol. The highest BCUT2D eigenvalue weighted by atomic mass is 19.4. The predicted molar refractivity (Wildman–Crippen MR) is 60.8 cm³/mol. The van der Waals surface area contributed by atoms with Gasteiger partial charge >= 0.3 is 12.1 Å². The van der Waals surface area contributed by atoms with Crippen molar-refractivity contribution >= 4 is 11.9 Å². The summed E-state index contributed by atoms with van der Waals surface area (Å²) in [5, 5.41) is 11.0. The van der Waals surface area contributed by atoms with E-state index in [0.717, 1.165) is 0 Å². The maximum atomic E-state index is 12.2. The number of carboxylic acids is 1. The van der Waals surface area contributed by atoms with Crippen LogP contribution in [0.3, 0.4) is 0 Å². The maximum Gasteiger partial charge on any atom is 0.451 e. The van der Waals surface area contributed by atoms with Gasteiger partial charge in [0.2, 0.25) is 5.82 Å². The summed E-state index contributed by atoms with van der Waals surface area (Å²) < 4.78 is 36.7. The first-order valence-corrected chi connectivity index (χ1v) is 5.68. The van der Waals surface area contributed by atoms with Crippen molar-refractivity contribution in [3.8, 4) is 0 Å². The molecule has 1 unspecified atom stereocenters. The number of aromatic nitrogens is 2. The van der Waals surface area contributed by atoms with Gasteiger partial charge in [0.05, 0.1) is 5.56 Å². The van der Waals surface area contributed by atoms with Crippen LogP contribution in [-0.2, 0) is 11.0 Å². The normalized spacial score (nSPS) is 12.8. The number of amides is 1. The predicted octanol–water partition coefficient (Wildman–Crippen LogP) is 1.48. The Morgan fingerprint density at radius 2 is 1.90 bits per heavy atom. The molecule has 110 valence electrons. The molecule has 1 atom stereocenters. The molecule has 2 N–H and O–H groups in total. The first kappa shape index (κ1) is 15.9. The molecule has 0 aliphatic rings. The topological polar surface area (TPSA) is 92.2 Å². The highest BCUT2D eigenvalue weighted by Gasteiger charge is 2.34. The van der Waals surface area contributed by atoms with Crippen molar-refractivity contribution in [2.24, 2.45) is 0 Å². The van der Waals surface area contributed by atoms with E-state index in [0.29, 0.717) is 18.8 Å². The fourth-order valence-corrected chi connectivity index (χ4v) is 1.38. The van der Waals surface area contributed by atoms with Crippen molar-refractivity contribution in [2.75, 3.05) is 0 Å². The second-order valence-corrected chi connectivity index (χ2v) is 3.95. The van der Waals surface area contributed by atoms with E-state index in [-0.39, 0.29) is 12.0 Å². The van der Waals surface area contributed by atoms with Crippen LogP contribution in [-0.4, -0.2) is 33.0 Å². The van der Waals surface area contributed by atoms with E-state index in [1.807, 2.05) is 0 Å². The van der Waals surface area contributed by atoms with E-state index in [2.05, 4.69) is 15.3 Å². The zero-order valence-corrected chi connectivity index (χ0v) is 10.4. The average Bonchev–Trinajstić information content (AvgIpc) is 2.37. The Bertz CT molecular complexity index is 488. The highest BCUT2D eigenvalue weighted by Crippen LogP contribution is 2.25. The Morgan fingerprint density at radius 1 is 1.35 bits per heavy atom. The number of carboxylic acid groups (broad SMARTS) is 1. The van der Waals surface area contributed by atoms with Crippen LogP contribution < -0.4 is 5.32 Å². The van der Waals surface area contributed by atoms with Gasteiger partial charge < -0.3 is 10.4 Å². The largest absolute Gasteiger partial charge is 0.480 e. The molecule has 1 amide bonds. The molecule has 0 fully saturated rings. The molecule has 0 saturated heterocycles. The molecule has 20 heavy (non-hydrogen) atoms. The summed E-state index contributed by atoms with van der Waals surface area (Å²) >= 11 is 0. The number of carbonyl (C=O) groups excluding carboxylic acids is 1. The molecule has 0 aliphatic heterocycles. The van der Waals surface area contributed by atoms with Crippen molar-refractivity contribution in [3.63, 3.8) is 0 Å². The van der Waals surface area contributed by atoms with Crippen LogP contribution in [0.2, 0.25) is 0 Å². The Kier molecular flexibility index (Phi) is 5.00. The number of nitrogens with one attached hydrogen (secondary N) is 1. The summed E-state index contributed by atoms with van der Waals surface area (Å²) in [7, 11) is 0. The first-order valence-electron chi connectivity index (χ1n) is 5.68. The molecule has 0 radical (unpaired) electrons. The van der Waals surface area contributed by atoms with Crippen molar-refractivity contribution in [1.82, 2.24) is 15.3 Å². The Hall–Kier alpha value is -2.19. The van der Waals surface area contributed by atoms with E-state index in [1.54, 1.807) is 6.92 Å². The van der Waals surface area contributed by atoms with Crippen LogP contribution >= 0.6 is 0 Å². The van der Waals surface area contributed by atoms with Gasteiger partial charge in [-0.15, -0.1) is 0 Å². The van der Waals surface area contributed by atoms with Crippen molar-refractivity contribution in [2.45, 2.75) is 32.0 Å². The lowest BCUT2D eigenvalue weighted by atomic mass is 10.1.